The van der Waals surface area contributed by atoms with Crippen LogP contribution in [-0.2, 0) is 19.5 Å². The van der Waals surface area contributed by atoms with Gasteiger partial charge in [0.15, 0.2) is 0 Å². The van der Waals surface area contributed by atoms with Crippen LogP contribution >= 0.6 is 0 Å². The number of hydrogen-bond acceptors (Lipinski definition) is 5. The van der Waals surface area contributed by atoms with Gasteiger partial charge in [0.1, 0.15) is 5.25 Å². The average molecular weight is 250 g/mol. The van der Waals surface area contributed by atoms with Gasteiger partial charge in [0, 0.05) is 19.6 Å². The minimum absolute atomic E-state index is 0.0467. The lowest BCUT2D eigenvalue weighted by Gasteiger charge is -2.36. The molecule has 2 saturated heterocycles. The molecule has 2 fully saturated rings. The fourth-order valence-corrected chi connectivity index (χ4v) is 3.53. The van der Waals surface area contributed by atoms with Crippen molar-refractivity contribution in [3.05, 3.63) is 0 Å². The molecule has 1 unspecified atom stereocenters. The Bertz CT molecular complexity index is 326. The van der Waals surface area contributed by atoms with Gasteiger partial charge < -0.3 is 14.8 Å². The summed E-state index contributed by atoms with van der Waals surface area (Å²) in [6.07, 6.45) is -0.0467. The molecule has 0 aromatic heterocycles. The molecular formula is C9H18N2O4S. The van der Waals surface area contributed by atoms with Crippen LogP contribution in [0.3, 0.4) is 0 Å². The molecule has 2 aliphatic rings. The Labute approximate surface area is 95.9 Å². The number of hydrogen-bond donors (Lipinski definition) is 1. The van der Waals surface area contributed by atoms with Crippen LogP contribution < -0.4 is 5.32 Å². The minimum Gasteiger partial charge on any atom is -0.378 e. The van der Waals surface area contributed by atoms with Gasteiger partial charge in [0.05, 0.1) is 25.9 Å². The summed E-state index contributed by atoms with van der Waals surface area (Å²) < 4.78 is 36.1. The van der Waals surface area contributed by atoms with Crippen molar-refractivity contribution in [2.45, 2.75) is 11.4 Å². The van der Waals surface area contributed by atoms with E-state index in [-0.39, 0.29) is 11.4 Å². The fraction of sp³-hybridized carbons (Fsp3) is 1.00. The molecule has 0 bridgehead atoms. The average Bonchev–Trinajstić information content (AvgIpc) is 2.15. The molecule has 0 radical (unpaired) electrons. The van der Waals surface area contributed by atoms with E-state index in [1.54, 1.807) is 0 Å². The standard InChI is InChI=1S/C9H18N2O4S/c1-10-4-8-5-11(2-3-15-8)16(12,13)9-6-14-7-9/h8-10H,2-7H2,1H3. The predicted molar refractivity (Wildman–Crippen MR) is 58.8 cm³/mol. The highest BCUT2D eigenvalue weighted by Crippen LogP contribution is 2.19. The van der Waals surface area contributed by atoms with E-state index < -0.39 is 10.0 Å². The summed E-state index contributed by atoms with van der Waals surface area (Å²) in [4.78, 5) is 0. The van der Waals surface area contributed by atoms with Gasteiger partial charge in [0.2, 0.25) is 10.0 Å². The molecule has 1 N–H and O–H groups in total. The van der Waals surface area contributed by atoms with Gasteiger partial charge in [0.25, 0.3) is 0 Å². The quantitative estimate of drug-likeness (QED) is 0.667. The largest absolute Gasteiger partial charge is 0.378 e. The molecule has 0 aromatic carbocycles. The molecular weight excluding hydrogens is 232 g/mol. The van der Waals surface area contributed by atoms with E-state index in [4.69, 9.17) is 9.47 Å². The van der Waals surface area contributed by atoms with Gasteiger partial charge in [-0.3, -0.25) is 0 Å². The molecule has 0 aliphatic carbocycles. The molecule has 16 heavy (non-hydrogen) atoms. The van der Waals surface area contributed by atoms with Crippen molar-refractivity contribution in [1.29, 1.82) is 0 Å². The first-order chi connectivity index (χ1) is 7.64. The third-order valence-corrected chi connectivity index (χ3v) is 5.09. The van der Waals surface area contributed by atoms with E-state index in [1.807, 2.05) is 7.05 Å². The van der Waals surface area contributed by atoms with Crippen molar-refractivity contribution in [1.82, 2.24) is 9.62 Å². The van der Waals surface area contributed by atoms with Gasteiger partial charge >= 0.3 is 0 Å². The Morgan fingerprint density at radius 1 is 1.44 bits per heavy atom. The number of likely N-dealkylation sites (N-methyl/N-ethyl adjacent to an activating group) is 1. The van der Waals surface area contributed by atoms with Crippen molar-refractivity contribution < 1.29 is 17.9 Å². The molecule has 94 valence electrons. The topological polar surface area (TPSA) is 67.9 Å². The Morgan fingerprint density at radius 3 is 2.75 bits per heavy atom. The monoisotopic (exact) mass is 250 g/mol. The molecule has 2 aliphatic heterocycles. The lowest BCUT2D eigenvalue weighted by molar-refractivity contribution is -0.00388. The first-order valence-corrected chi connectivity index (χ1v) is 6.98. The van der Waals surface area contributed by atoms with Gasteiger partial charge in [-0.25, -0.2) is 8.42 Å². The third-order valence-electron chi connectivity index (χ3n) is 2.92. The summed E-state index contributed by atoms with van der Waals surface area (Å²) in [7, 11) is -1.35. The van der Waals surface area contributed by atoms with Crippen LogP contribution in [0.2, 0.25) is 0 Å². The normalized spacial score (nSPS) is 28.9. The Balaban J connectivity index is 1.97. The zero-order chi connectivity index (χ0) is 11.6. The van der Waals surface area contributed by atoms with Crippen LogP contribution in [0, 0.1) is 0 Å². The second-order valence-corrected chi connectivity index (χ2v) is 6.33. The first-order valence-electron chi connectivity index (χ1n) is 5.47. The summed E-state index contributed by atoms with van der Waals surface area (Å²) in [6, 6.07) is 0. The molecule has 0 amide bonds. The Morgan fingerprint density at radius 2 is 2.19 bits per heavy atom. The maximum atomic E-state index is 12.1. The van der Waals surface area contributed by atoms with Crippen LogP contribution in [0.15, 0.2) is 0 Å². The molecule has 1 atom stereocenters. The highest BCUT2D eigenvalue weighted by Gasteiger charge is 2.39. The molecule has 0 spiro atoms. The minimum atomic E-state index is -3.18. The summed E-state index contributed by atoms with van der Waals surface area (Å²) in [5.41, 5.74) is 0. The zero-order valence-electron chi connectivity index (χ0n) is 9.39. The van der Waals surface area contributed by atoms with Crippen molar-refractivity contribution >= 4 is 10.0 Å². The van der Waals surface area contributed by atoms with E-state index in [9.17, 15) is 8.42 Å². The number of nitrogens with one attached hydrogen (secondary N) is 1. The van der Waals surface area contributed by atoms with Gasteiger partial charge in [-0.2, -0.15) is 4.31 Å². The maximum absolute atomic E-state index is 12.1. The number of morpholine rings is 1. The summed E-state index contributed by atoms with van der Waals surface area (Å²) in [6.45, 7) is 2.71. The molecule has 0 aromatic rings. The molecule has 6 nitrogen and oxygen atoms in total. The van der Waals surface area contributed by atoms with Crippen LogP contribution in [0.5, 0.6) is 0 Å². The van der Waals surface area contributed by atoms with Crippen LogP contribution in [0.1, 0.15) is 0 Å². The number of rotatable bonds is 4. The van der Waals surface area contributed by atoms with Crippen LogP contribution in [0.25, 0.3) is 0 Å². The van der Waals surface area contributed by atoms with E-state index in [0.717, 1.165) is 0 Å². The van der Waals surface area contributed by atoms with Crippen molar-refractivity contribution in [2.24, 2.45) is 0 Å². The van der Waals surface area contributed by atoms with Crippen molar-refractivity contribution in [3.8, 4) is 0 Å². The second kappa shape index (κ2) is 4.97. The van der Waals surface area contributed by atoms with Crippen molar-refractivity contribution in [2.75, 3.05) is 46.5 Å². The van der Waals surface area contributed by atoms with E-state index in [0.29, 0.717) is 39.5 Å². The van der Waals surface area contributed by atoms with Gasteiger partial charge in [-0.05, 0) is 7.05 Å². The molecule has 2 heterocycles. The fourth-order valence-electron chi connectivity index (χ4n) is 1.87. The van der Waals surface area contributed by atoms with Crippen molar-refractivity contribution in [3.63, 3.8) is 0 Å². The summed E-state index contributed by atoms with van der Waals surface area (Å²) >= 11 is 0. The second-order valence-electron chi connectivity index (χ2n) is 4.11. The van der Waals surface area contributed by atoms with Gasteiger partial charge in [-0.15, -0.1) is 0 Å². The SMILES string of the molecule is CNCC1CN(S(=O)(=O)C2COC2)CCO1. The molecule has 2 rings (SSSR count). The van der Waals surface area contributed by atoms with E-state index >= 15 is 0 Å². The molecule has 0 saturated carbocycles. The summed E-state index contributed by atoms with van der Waals surface area (Å²) in [5.74, 6) is 0. The third kappa shape index (κ3) is 2.38. The lowest BCUT2D eigenvalue weighted by Crippen LogP contribution is -2.55. The van der Waals surface area contributed by atoms with Crippen LogP contribution in [0.4, 0.5) is 0 Å². The number of sulfonamides is 1. The lowest BCUT2D eigenvalue weighted by atomic mass is 10.3. The molecule has 7 heteroatoms. The number of nitrogens with zero attached hydrogens (tertiary/aromatic N) is 1. The highest BCUT2D eigenvalue weighted by atomic mass is 32.2. The maximum Gasteiger partial charge on any atom is 0.221 e. The Kier molecular flexibility index (Phi) is 3.81. The highest BCUT2D eigenvalue weighted by molar-refractivity contribution is 7.89. The smallest absolute Gasteiger partial charge is 0.221 e. The summed E-state index contributed by atoms with van der Waals surface area (Å²) in [5, 5.41) is 2.65. The first kappa shape index (κ1) is 12.3. The zero-order valence-corrected chi connectivity index (χ0v) is 10.2. The number of ether oxygens (including phenoxy) is 2. The van der Waals surface area contributed by atoms with E-state index in [1.165, 1.54) is 4.31 Å². The van der Waals surface area contributed by atoms with Gasteiger partial charge in [-0.1, -0.05) is 0 Å². The predicted octanol–water partition coefficient (Wildman–Crippen LogP) is -1.36. The van der Waals surface area contributed by atoms with Crippen LogP contribution in [-0.4, -0.2) is 70.6 Å². The van der Waals surface area contributed by atoms with E-state index in [2.05, 4.69) is 5.32 Å². The Hall–Kier alpha value is -0.210.